The smallest absolute Gasteiger partial charge is 0.318 e. The largest absolute Gasteiger partial charge is 0.339 e. The highest BCUT2D eigenvalue weighted by molar-refractivity contribution is 6.34. The number of hydrogen-bond acceptors (Lipinski definition) is 3. The number of amides is 4. The highest BCUT2D eigenvalue weighted by atomic mass is 35.5. The van der Waals surface area contributed by atoms with Crippen molar-refractivity contribution in [2.24, 2.45) is 5.92 Å². The molecule has 0 aromatic heterocycles. The first-order chi connectivity index (χ1) is 14.3. The molecular formula is C22H33ClN4O3. The molecule has 4 amide bonds. The summed E-state index contributed by atoms with van der Waals surface area (Å²) >= 11 is 6.33. The van der Waals surface area contributed by atoms with Crippen LogP contribution in [0.25, 0.3) is 0 Å². The van der Waals surface area contributed by atoms with Crippen LogP contribution in [0.3, 0.4) is 0 Å². The van der Waals surface area contributed by atoms with E-state index in [-0.39, 0.29) is 28.8 Å². The summed E-state index contributed by atoms with van der Waals surface area (Å²) in [5.41, 5.74) is 0.893. The summed E-state index contributed by atoms with van der Waals surface area (Å²) in [5.74, 6) is -0.468. The molecule has 0 saturated carbocycles. The van der Waals surface area contributed by atoms with Crippen LogP contribution in [0.1, 0.15) is 57.3 Å². The van der Waals surface area contributed by atoms with Crippen molar-refractivity contribution in [3.05, 3.63) is 28.8 Å². The van der Waals surface area contributed by atoms with Crippen LogP contribution in [0.15, 0.2) is 18.2 Å². The highest BCUT2D eigenvalue weighted by Crippen LogP contribution is 2.23. The summed E-state index contributed by atoms with van der Waals surface area (Å²) in [4.78, 5) is 41.4. The number of nitrogens with one attached hydrogen (secondary N) is 2. The van der Waals surface area contributed by atoms with Crippen LogP contribution in [0.4, 0.5) is 10.5 Å². The molecule has 1 fully saturated rings. The molecule has 8 heteroatoms. The van der Waals surface area contributed by atoms with Crippen LogP contribution in [0.2, 0.25) is 5.02 Å². The van der Waals surface area contributed by atoms with Crippen LogP contribution in [0.5, 0.6) is 0 Å². The lowest BCUT2D eigenvalue weighted by molar-refractivity contribution is -0.119. The average Bonchev–Trinajstić information content (AvgIpc) is 3.27. The van der Waals surface area contributed by atoms with E-state index in [4.69, 9.17) is 11.6 Å². The topological polar surface area (TPSA) is 81.8 Å². The lowest BCUT2D eigenvalue weighted by Crippen LogP contribution is -2.51. The minimum absolute atomic E-state index is 0.0319. The Morgan fingerprint density at radius 2 is 1.77 bits per heavy atom. The van der Waals surface area contributed by atoms with Gasteiger partial charge in [0, 0.05) is 31.9 Å². The van der Waals surface area contributed by atoms with Gasteiger partial charge in [-0.3, -0.25) is 9.59 Å². The molecule has 166 valence electrons. The van der Waals surface area contributed by atoms with Gasteiger partial charge in [-0.05, 0) is 50.8 Å². The molecule has 0 aliphatic carbocycles. The van der Waals surface area contributed by atoms with Crippen LogP contribution < -0.4 is 10.6 Å². The number of hydrogen-bond donors (Lipinski definition) is 2. The molecule has 30 heavy (non-hydrogen) atoms. The van der Waals surface area contributed by atoms with Crippen LogP contribution >= 0.6 is 11.6 Å². The van der Waals surface area contributed by atoms with Gasteiger partial charge >= 0.3 is 6.03 Å². The first-order valence-electron chi connectivity index (χ1n) is 10.8. The van der Waals surface area contributed by atoms with Gasteiger partial charge in [-0.15, -0.1) is 0 Å². The molecular weight excluding hydrogens is 404 g/mol. The zero-order valence-electron chi connectivity index (χ0n) is 18.3. The van der Waals surface area contributed by atoms with Gasteiger partial charge in [0.25, 0.3) is 5.91 Å². The van der Waals surface area contributed by atoms with Crippen molar-refractivity contribution < 1.29 is 14.4 Å². The van der Waals surface area contributed by atoms with Crippen molar-refractivity contribution in [2.75, 3.05) is 31.5 Å². The molecule has 2 atom stereocenters. The van der Waals surface area contributed by atoms with Gasteiger partial charge in [0.15, 0.2) is 0 Å². The van der Waals surface area contributed by atoms with Crippen molar-refractivity contribution in [2.45, 2.75) is 53.0 Å². The number of halogens is 1. The maximum absolute atomic E-state index is 12.9. The molecule has 0 spiro atoms. The maximum atomic E-state index is 12.9. The number of nitrogens with zero attached hydrogens (tertiary/aromatic N) is 2. The molecule has 2 N–H and O–H groups in total. The van der Waals surface area contributed by atoms with E-state index in [9.17, 15) is 14.4 Å². The van der Waals surface area contributed by atoms with Crippen molar-refractivity contribution in [1.82, 2.24) is 15.1 Å². The minimum atomic E-state index is -0.654. The normalized spacial score (nSPS) is 15.4. The first-order valence-corrected chi connectivity index (χ1v) is 11.1. The summed E-state index contributed by atoms with van der Waals surface area (Å²) in [7, 11) is 0. The van der Waals surface area contributed by atoms with E-state index in [0.29, 0.717) is 24.3 Å². The summed E-state index contributed by atoms with van der Waals surface area (Å²) in [6, 6.07) is 4.01. The first kappa shape index (κ1) is 24.0. The standard InChI is InChI=1S/C22H33ClN4O3/c1-5-15(4)19(25-22(30)27-12-8-9-13-27)20(28)24-16-10-11-17(18(23)14-16)21(29)26(6-2)7-3/h10-11,14-15,19H,5-9,12-13H2,1-4H3,(H,24,28)(H,25,30)/t15?,19-/m0/s1. The van der Waals surface area contributed by atoms with Crippen molar-refractivity contribution in [1.29, 1.82) is 0 Å². The Morgan fingerprint density at radius 1 is 1.13 bits per heavy atom. The Morgan fingerprint density at radius 3 is 2.30 bits per heavy atom. The predicted molar refractivity (Wildman–Crippen MR) is 120 cm³/mol. The zero-order valence-corrected chi connectivity index (χ0v) is 19.1. The monoisotopic (exact) mass is 436 g/mol. The number of benzene rings is 1. The molecule has 0 bridgehead atoms. The Hall–Kier alpha value is -2.28. The summed E-state index contributed by atoms with van der Waals surface area (Å²) in [6.45, 7) is 10.4. The van der Waals surface area contributed by atoms with E-state index in [1.54, 1.807) is 28.0 Å². The fourth-order valence-corrected chi connectivity index (χ4v) is 3.78. The molecule has 1 heterocycles. The maximum Gasteiger partial charge on any atom is 0.318 e. The summed E-state index contributed by atoms with van der Waals surface area (Å²) in [6.07, 6.45) is 2.73. The SMILES string of the molecule is CCC(C)[C@H](NC(=O)N1CCCC1)C(=O)Nc1ccc(C(=O)N(CC)CC)c(Cl)c1. The van der Waals surface area contributed by atoms with E-state index < -0.39 is 6.04 Å². The number of carbonyl (C=O) groups is 3. The van der Waals surface area contributed by atoms with Gasteiger partial charge in [-0.2, -0.15) is 0 Å². The van der Waals surface area contributed by atoms with E-state index in [0.717, 1.165) is 32.4 Å². The summed E-state index contributed by atoms with van der Waals surface area (Å²) < 4.78 is 0. The molecule has 1 saturated heterocycles. The van der Waals surface area contributed by atoms with Crippen LogP contribution in [-0.4, -0.2) is 59.9 Å². The second-order valence-electron chi connectivity index (χ2n) is 7.67. The second-order valence-corrected chi connectivity index (χ2v) is 8.08. The lowest BCUT2D eigenvalue weighted by atomic mass is 9.98. The van der Waals surface area contributed by atoms with Crippen molar-refractivity contribution in [3.8, 4) is 0 Å². The zero-order chi connectivity index (χ0) is 22.3. The molecule has 1 aromatic rings. The molecule has 2 rings (SSSR count). The third-order valence-corrected chi connectivity index (χ3v) is 6.00. The van der Waals surface area contributed by atoms with E-state index in [1.807, 2.05) is 27.7 Å². The average molecular weight is 437 g/mol. The number of likely N-dealkylation sites (tertiary alicyclic amines) is 1. The third-order valence-electron chi connectivity index (χ3n) is 5.69. The molecule has 1 aliphatic rings. The molecule has 7 nitrogen and oxygen atoms in total. The Balaban J connectivity index is 2.11. The fourth-order valence-electron chi connectivity index (χ4n) is 3.51. The van der Waals surface area contributed by atoms with Gasteiger partial charge in [0.05, 0.1) is 10.6 Å². The van der Waals surface area contributed by atoms with Crippen LogP contribution in [-0.2, 0) is 4.79 Å². The van der Waals surface area contributed by atoms with E-state index in [2.05, 4.69) is 10.6 Å². The second kappa shape index (κ2) is 11.2. The Labute approximate surface area is 184 Å². The lowest BCUT2D eigenvalue weighted by Gasteiger charge is -2.26. The van der Waals surface area contributed by atoms with Gasteiger partial charge < -0.3 is 20.4 Å². The summed E-state index contributed by atoms with van der Waals surface area (Å²) in [5, 5.41) is 6.00. The number of urea groups is 1. The number of carbonyl (C=O) groups excluding carboxylic acids is 3. The highest BCUT2D eigenvalue weighted by Gasteiger charge is 2.29. The Bertz CT molecular complexity index is 761. The number of rotatable bonds is 8. The number of anilines is 1. The predicted octanol–water partition coefficient (Wildman–Crippen LogP) is 3.98. The van der Waals surface area contributed by atoms with Gasteiger partial charge in [-0.25, -0.2) is 4.79 Å². The van der Waals surface area contributed by atoms with Gasteiger partial charge in [0.2, 0.25) is 5.91 Å². The molecule has 1 aromatic carbocycles. The van der Waals surface area contributed by atoms with E-state index >= 15 is 0 Å². The quantitative estimate of drug-likeness (QED) is 0.646. The molecule has 1 aliphatic heterocycles. The molecule has 1 unspecified atom stereocenters. The Kier molecular flexibility index (Phi) is 8.96. The van der Waals surface area contributed by atoms with E-state index in [1.165, 1.54) is 0 Å². The van der Waals surface area contributed by atoms with Gasteiger partial charge in [0.1, 0.15) is 6.04 Å². The third kappa shape index (κ3) is 5.88. The van der Waals surface area contributed by atoms with Crippen molar-refractivity contribution in [3.63, 3.8) is 0 Å². The van der Waals surface area contributed by atoms with Crippen molar-refractivity contribution >= 4 is 35.1 Å². The minimum Gasteiger partial charge on any atom is -0.339 e. The fraction of sp³-hybridized carbons (Fsp3) is 0.591. The molecule has 0 radical (unpaired) electrons. The van der Waals surface area contributed by atoms with Crippen LogP contribution in [0, 0.1) is 5.92 Å². The van der Waals surface area contributed by atoms with Gasteiger partial charge in [-0.1, -0.05) is 31.9 Å².